The zero-order chi connectivity index (χ0) is 16.8. The summed E-state index contributed by atoms with van der Waals surface area (Å²) in [6.07, 6.45) is 0. The Hall–Kier alpha value is -2.69. The van der Waals surface area contributed by atoms with Gasteiger partial charge in [-0.05, 0) is 49.2 Å². The molecule has 0 aliphatic heterocycles. The second-order valence-corrected chi connectivity index (χ2v) is 5.23. The Labute approximate surface area is 136 Å². The molecule has 0 aromatic heterocycles. The van der Waals surface area contributed by atoms with E-state index >= 15 is 0 Å². The molecule has 0 aliphatic rings. The maximum atomic E-state index is 12.1. The first kappa shape index (κ1) is 16.7. The summed E-state index contributed by atoms with van der Waals surface area (Å²) in [6, 6.07) is 11.0. The molecule has 23 heavy (non-hydrogen) atoms. The van der Waals surface area contributed by atoms with Crippen LogP contribution in [0.3, 0.4) is 0 Å². The number of carbonyl (C=O) groups is 1. The van der Waals surface area contributed by atoms with Gasteiger partial charge in [0.15, 0.2) is 6.61 Å². The van der Waals surface area contributed by atoms with Gasteiger partial charge in [0.25, 0.3) is 5.91 Å². The van der Waals surface area contributed by atoms with Gasteiger partial charge in [0.1, 0.15) is 17.2 Å². The maximum absolute atomic E-state index is 12.1. The number of rotatable bonds is 6. The molecule has 0 saturated heterocycles. The second kappa shape index (κ2) is 7.54. The van der Waals surface area contributed by atoms with Crippen molar-refractivity contribution in [1.82, 2.24) is 0 Å². The van der Waals surface area contributed by atoms with Crippen molar-refractivity contribution < 1.29 is 19.0 Å². The van der Waals surface area contributed by atoms with Crippen LogP contribution in [0.15, 0.2) is 36.4 Å². The van der Waals surface area contributed by atoms with Crippen LogP contribution in [-0.4, -0.2) is 26.7 Å². The molecule has 5 heteroatoms. The number of amides is 1. The van der Waals surface area contributed by atoms with Crippen molar-refractivity contribution in [2.24, 2.45) is 0 Å². The number of hydrogen-bond acceptors (Lipinski definition) is 4. The van der Waals surface area contributed by atoms with E-state index < -0.39 is 0 Å². The second-order valence-electron chi connectivity index (χ2n) is 5.23. The van der Waals surface area contributed by atoms with Gasteiger partial charge in [0, 0.05) is 6.07 Å². The summed E-state index contributed by atoms with van der Waals surface area (Å²) in [7, 11) is 3.11. The first-order chi connectivity index (χ1) is 11.0. The molecule has 0 spiro atoms. The summed E-state index contributed by atoms with van der Waals surface area (Å²) in [4.78, 5) is 12.1. The van der Waals surface area contributed by atoms with Gasteiger partial charge < -0.3 is 19.5 Å². The van der Waals surface area contributed by atoms with Crippen LogP contribution >= 0.6 is 0 Å². The van der Waals surface area contributed by atoms with Crippen molar-refractivity contribution in [3.05, 3.63) is 47.5 Å². The molecule has 0 bridgehead atoms. The van der Waals surface area contributed by atoms with Gasteiger partial charge in [-0.1, -0.05) is 6.07 Å². The lowest BCUT2D eigenvalue weighted by molar-refractivity contribution is -0.118. The van der Waals surface area contributed by atoms with Crippen LogP contribution < -0.4 is 19.5 Å². The van der Waals surface area contributed by atoms with Crippen molar-refractivity contribution in [2.45, 2.75) is 13.8 Å². The zero-order valence-electron chi connectivity index (χ0n) is 13.8. The zero-order valence-corrected chi connectivity index (χ0v) is 13.8. The molecule has 5 nitrogen and oxygen atoms in total. The normalized spacial score (nSPS) is 10.1. The third kappa shape index (κ3) is 4.64. The lowest BCUT2D eigenvalue weighted by atomic mass is 10.1. The van der Waals surface area contributed by atoms with E-state index in [1.807, 2.05) is 32.0 Å². The van der Waals surface area contributed by atoms with E-state index in [1.165, 1.54) is 0 Å². The van der Waals surface area contributed by atoms with E-state index in [-0.39, 0.29) is 12.5 Å². The number of anilines is 1. The van der Waals surface area contributed by atoms with Crippen molar-refractivity contribution in [2.75, 3.05) is 26.1 Å². The van der Waals surface area contributed by atoms with E-state index in [1.54, 1.807) is 32.4 Å². The molecule has 1 amide bonds. The first-order valence-corrected chi connectivity index (χ1v) is 7.25. The van der Waals surface area contributed by atoms with Crippen molar-refractivity contribution in [3.63, 3.8) is 0 Å². The van der Waals surface area contributed by atoms with E-state index in [9.17, 15) is 4.79 Å². The van der Waals surface area contributed by atoms with Crippen LogP contribution in [0.2, 0.25) is 0 Å². The average Bonchev–Trinajstić information content (AvgIpc) is 2.52. The lowest BCUT2D eigenvalue weighted by Gasteiger charge is -2.12. The fraction of sp³-hybridized carbons (Fsp3) is 0.278. The van der Waals surface area contributed by atoms with Gasteiger partial charge in [-0.25, -0.2) is 0 Å². The van der Waals surface area contributed by atoms with Crippen LogP contribution in [-0.2, 0) is 4.79 Å². The highest BCUT2D eigenvalue weighted by Crippen LogP contribution is 2.28. The van der Waals surface area contributed by atoms with Crippen molar-refractivity contribution in [3.8, 4) is 17.2 Å². The largest absolute Gasteiger partial charge is 0.497 e. The van der Waals surface area contributed by atoms with Gasteiger partial charge in [0.05, 0.1) is 19.9 Å². The predicted molar refractivity (Wildman–Crippen MR) is 89.6 cm³/mol. The number of hydrogen-bond donors (Lipinski definition) is 1. The summed E-state index contributed by atoms with van der Waals surface area (Å²) < 4.78 is 15.9. The monoisotopic (exact) mass is 315 g/mol. The Balaban J connectivity index is 2.02. The van der Waals surface area contributed by atoms with Crippen LogP contribution in [0.25, 0.3) is 0 Å². The van der Waals surface area contributed by atoms with E-state index in [4.69, 9.17) is 14.2 Å². The number of nitrogens with one attached hydrogen (secondary N) is 1. The fourth-order valence-electron chi connectivity index (χ4n) is 2.26. The lowest BCUT2D eigenvalue weighted by Crippen LogP contribution is -2.20. The fourth-order valence-corrected chi connectivity index (χ4v) is 2.26. The van der Waals surface area contributed by atoms with Crippen molar-refractivity contribution >= 4 is 11.6 Å². The minimum absolute atomic E-state index is 0.0801. The Morgan fingerprint density at radius 2 is 1.65 bits per heavy atom. The van der Waals surface area contributed by atoms with Gasteiger partial charge >= 0.3 is 0 Å². The minimum Gasteiger partial charge on any atom is -0.497 e. The Morgan fingerprint density at radius 3 is 2.26 bits per heavy atom. The van der Waals surface area contributed by atoms with Crippen molar-refractivity contribution in [1.29, 1.82) is 0 Å². The van der Waals surface area contributed by atoms with E-state index in [2.05, 4.69) is 5.32 Å². The molecule has 2 aromatic rings. The summed E-state index contributed by atoms with van der Waals surface area (Å²) in [5.74, 6) is 1.60. The van der Waals surface area contributed by atoms with Gasteiger partial charge in [-0.2, -0.15) is 0 Å². The highest BCUT2D eigenvalue weighted by Gasteiger charge is 2.10. The molecule has 122 valence electrons. The van der Waals surface area contributed by atoms with E-state index in [0.29, 0.717) is 22.9 Å². The minimum atomic E-state index is -0.268. The highest BCUT2D eigenvalue weighted by molar-refractivity contribution is 5.93. The summed E-state index contributed by atoms with van der Waals surface area (Å²) >= 11 is 0. The molecule has 0 radical (unpaired) electrons. The molecule has 2 aromatic carbocycles. The summed E-state index contributed by atoms with van der Waals surface area (Å²) in [5.41, 5.74) is 2.73. The SMILES string of the molecule is COc1ccc(OC)c(NC(=O)COc2cc(C)cc(C)c2)c1. The van der Waals surface area contributed by atoms with Crippen LogP contribution in [0.1, 0.15) is 11.1 Å². The molecule has 0 atom stereocenters. The Morgan fingerprint density at radius 1 is 0.957 bits per heavy atom. The van der Waals surface area contributed by atoms with Crippen LogP contribution in [0.5, 0.6) is 17.2 Å². The van der Waals surface area contributed by atoms with Gasteiger partial charge in [-0.3, -0.25) is 4.79 Å². The molecule has 0 fully saturated rings. The Kier molecular flexibility index (Phi) is 5.46. The first-order valence-electron chi connectivity index (χ1n) is 7.25. The summed E-state index contributed by atoms with van der Waals surface area (Å²) in [6.45, 7) is 3.89. The van der Waals surface area contributed by atoms with Crippen LogP contribution in [0, 0.1) is 13.8 Å². The smallest absolute Gasteiger partial charge is 0.262 e. The number of methoxy groups -OCH3 is 2. The number of carbonyl (C=O) groups excluding carboxylic acids is 1. The predicted octanol–water partition coefficient (Wildman–Crippen LogP) is 3.34. The number of aryl methyl sites for hydroxylation is 2. The average molecular weight is 315 g/mol. The molecule has 2 rings (SSSR count). The van der Waals surface area contributed by atoms with Gasteiger partial charge in [-0.15, -0.1) is 0 Å². The molecule has 1 N–H and O–H groups in total. The highest BCUT2D eigenvalue weighted by atomic mass is 16.5. The maximum Gasteiger partial charge on any atom is 0.262 e. The Bertz CT molecular complexity index is 677. The molecular formula is C18H21NO4. The molecule has 0 heterocycles. The molecular weight excluding hydrogens is 294 g/mol. The molecule has 0 saturated carbocycles. The third-order valence-corrected chi connectivity index (χ3v) is 3.25. The third-order valence-electron chi connectivity index (χ3n) is 3.25. The molecule has 0 unspecified atom stereocenters. The molecule has 0 aliphatic carbocycles. The van der Waals surface area contributed by atoms with Crippen LogP contribution in [0.4, 0.5) is 5.69 Å². The summed E-state index contributed by atoms with van der Waals surface area (Å²) in [5, 5.41) is 2.77. The number of benzene rings is 2. The van der Waals surface area contributed by atoms with E-state index in [0.717, 1.165) is 11.1 Å². The van der Waals surface area contributed by atoms with Gasteiger partial charge in [0.2, 0.25) is 0 Å². The topological polar surface area (TPSA) is 56.8 Å². The number of ether oxygens (including phenoxy) is 3. The quantitative estimate of drug-likeness (QED) is 0.888. The standard InChI is InChI=1S/C18H21NO4/c1-12-7-13(2)9-15(8-12)23-11-18(20)19-16-10-14(21-3)5-6-17(16)22-4/h5-10H,11H2,1-4H3,(H,19,20).